The molecular formula is C62H78N10O22S2. The summed E-state index contributed by atoms with van der Waals surface area (Å²) in [6.07, 6.45) is 11.9. The lowest BCUT2D eigenvalue weighted by Gasteiger charge is -2.36. The van der Waals surface area contributed by atoms with Gasteiger partial charge in [-0.3, -0.25) is 23.7 Å². The Morgan fingerprint density at radius 2 is 0.802 bits per heavy atom. The third kappa shape index (κ3) is 28.1. The number of imidazole rings is 2. The first-order valence-electron chi connectivity index (χ1n) is 28.9. The van der Waals surface area contributed by atoms with Crippen molar-refractivity contribution in [2.75, 3.05) is 75.3 Å². The van der Waals surface area contributed by atoms with E-state index in [2.05, 4.69) is 32.9 Å². The van der Waals surface area contributed by atoms with E-state index in [0.717, 1.165) is 99.1 Å². The summed E-state index contributed by atoms with van der Waals surface area (Å²) < 4.78 is 82.3. The van der Waals surface area contributed by atoms with Crippen molar-refractivity contribution in [3.05, 3.63) is 145 Å². The maximum atomic E-state index is 13.1. The Morgan fingerprint density at radius 3 is 1.03 bits per heavy atom. The van der Waals surface area contributed by atoms with Gasteiger partial charge in [0.25, 0.3) is 0 Å². The van der Waals surface area contributed by atoms with Crippen LogP contribution in [0.3, 0.4) is 0 Å². The van der Waals surface area contributed by atoms with Crippen molar-refractivity contribution in [1.82, 2.24) is 38.7 Å². The highest BCUT2D eigenvalue weighted by atomic mass is 32.2. The molecular weight excluding hydrogens is 1300 g/mol. The lowest BCUT2D eigenvalue weighted by Crippen LogP contribution is -2.46. The number of likely N-dealkylation sites (tertiary alicyclic amines) is 2. The van der Waals surface area contributed by atoms with Gasteiger partial charge in [0.15, 0.2) is 0 Å². The predicted octanol–water partition coefficient (Wildman–Crippen LogP) is 5.42. The van der Waals surface area contributed by atoms with Gasteiger partial charge in [0, 0.05) is 132 Å². The third-order valence-corrected chi connectivity index (χ3v) is 14.7. The molecule has 34 heteroatoms. The summed E-state index contributed by atoms with van der Waals surface area (Å²) >= 11 is 0. The maximum absolute atomic E-state index is 13.1. The van der Waals surface area contributed by atoms with E-state index in [4.69, 9.17) is 49.7 Å². The van der Waals surface area contributed by atoms with Crippen molar-refractivity contribution in [2.45, 2.75) is 64.7 Å². The number of hydrogen-bond acceptors (Lipinski definition) is 22. The molecule has 2 fully saturated rings. The van der Waals surface area contributed by atoms with Crippen LogP contribution in [0.2, 0.25) is 0 Å². The summed E-state index contributed by atoms with van der Waals surface area (Å²) in [6, 6.07) is 24.2. The minimum atomic E-state index is -4.09. The average Bonchev–Trinajstić information content (AvgIpc) is 1.63. The molecule has 0 saturated carbocycles. The lowest BCUT2D eigenvalue weighted by atomic mass is 10.0. The van der Waals surface area contributed by atoms with Gasteiger partial charge in [-0.25, -0.2) is 38.7 Å². The Hall–Kier alpha value is -10.4. The second-order valence-corrected chi connectivity index (χ2v) is 23.0. The molecule has 0 atom stereocenters. The van der Waals surface area contributed by atoms with Crippen molar-refractivity contribution in [2.24, 2.45) is 10.3 Å². The topological polar surface area (TPSA) is 434 Å². The van der Waals surface area contributed by atoms with E-state index in [1.807, 2.05) is 50.5 Å². The smallest absolute Gasteiger partial charge is 0.380 e. The fraction of sp³-hybridized carbons (Fsp3) is 0.339. The SMILES string of the molecule is CCOC(C)=O.COc1cc(CN2CCC(N(C)C(=O)n3cnc(-c4ccc(OS(N)(=O)=O)cc4)c3)CC2)cc(OC)c1.COc1cc(CN2CCC(N(C)C(=O)n3cnc(-c4ccc(OS(N)(=O)=O)cc4)c3)CC2)cc(OC)c1.O=C(O)/C=C\C(=O)O.O=C(O)/C=C\C(=O)O. The number of aliphatic carboxylic acids is 4. The van der Waals surface area contributed by atoms with Gasteiger partial charge in [-0.2, -0.15) is 27.1 Å². The normalized spacial score (nSPS) is 13.5. The summed E-state index contributed by atoms with van der Waals surface area (Å²) in [6.45, 7) is 8.68. The number of ether oxygens (including phenoxy) is 5. The molecule has 2 amide bonds. The van der Waals surface area contributed by atoms with E-state index < -0.39 is 44.5 Å². The van der Waals surface area contributed by atoms with Crippen LogP contribution in [0.4, 0.5) is 9.59 Å². The van der Waals surface area contributed by atoms with Gasteiger partial charge < -0.3 is 62.3 Å². The van der Waals surface area contributed by atoms with Crippen LogP contribution in [0.15, 0.2) is 134 Å². The number of hydrogen-bond donors (Lipinski definition) is 6. The first-order chi connectivity index (χ1) is 45.3. The van der Waals surface area contributed by atoms with Gasteiger partial charge in [0.1, 0.15) is 47.2 Å². The number of methoxy groups -OCH3 is 4. The maximum Gasteiger partial charge on any atom is 0.380 e. The molecule has 4 aromatic carbocycles. The summed E-state index contributed by atoms with van der Waals surface area (Å²) in [5, 5.41) is 41.0. The van der Waals surface area contributed by atoms with Crippen LogP contribution in [0.25, 0.3) is 22.5 Å². The van der Waals surface area contributed by atoms with E-state index in [0.29, 0.717) is 53.4 Å². The molecule has 2 aliphatic heterocycles. The van der Waals surface area contributed by atoms with Crippen LogP contribution in [0, 0.1) is 0 Å². The second kappa shape index (κ2) is 38.1. The molecule has 0 bridgehead atoms. The first-order valence-corrected chi connectivity index (χ1v) is 31.8. The van der Waals surface area contributed by atoms with Crippen LogP contribution in [-0.2, 0) is 62.4 Å². The number of nitrogens with zero attached hydrogens (tertiary/aromatic N) is 8. The van der Waals surface area contributed by atoms with Crippen molar-refractivity contribution in [3.63, 3.8) is 0 Å². The van der Waals surface area contributed by atoms with Crippen molar-refractivity contribution in [1.29, 1.82) is 0 Å². The molecule has 2 saturated heterocycles. The minimum Gasteiger partial charge on any atom is -0.497 e. The molecule has 520 valence electrons. The van der Waals surface area contributed by atoms with Crippen LogP contribution < -0.4 is 37.6 Å². The molecule has 0 aliphatic carbocycles. The molecule has 8 N–H and O–H groups in total. The molecule has 2 aromatic heterocycles. The number of benzene rings is 4. The Labute approximate surface area is 554 Å². The molecule has 32 nitrogen and oxygen atoms in total. The molecule has 4 heterocycles. The predicted molar refractivity (Wildman–Crippen MR) is 347 cm³/mol. The Kier molecular flexibility index (Phi) is 31.0. The minimum absolute atomic E-state index is 0.0957. The van der Waals surface area contributed by atoms with E-state index in [-0.39, 0.29) is 41.6 Å². The van der Waals surface area contributed by atoms with Gasteiger partial charge in [0.2, 0.25) is 0 Å². The number of carbonyl (C=O) groups excluding carboxylic acids is 3. The summed E-state index contributed by atoms with van der Waals surface area (Å²) in [7, 11) is 2.01. The number of esters is 1. The number of aromatic nitrogens is 4. The van der Waals surface area contributed by atoms with E-state index in [9.17, 15) is 50.4 Å². The van der Waals surface area contributed by atoms with Gasteiger partial charge >= 0.3 is 62.5 Å². The van der Waals surface area contributed by atoms with Gasteiger partial charge in [-0.1, -0.05) is 0 Å². The van der Waals surface area contributed by atoms with E-state index in [1.165, 1.54) is 53.0 Å². The first kappa shape index (κ1) is 78.1. The Balaban J connectivity index is 0.000000311. The van der Waals surface area contributed by atoms with Gasteiger partial charge in [-0.05, 0) is 117 Å². The zero-order valence-corrected chi connectivity index (χ0v) is 55.5. The average molecular weight is 1380 g/mol. The number of carboxylic acid groups (broad SMARTS) is 4. The van der Waals surface area contributed by atoms with Crippen LogP contribution in [0.5, 0.6) is 34.5 Å². The standard InChI is InChI=1S/2C25H31N5O6S.2C4H4O4.C4H8O2/c2*1-28(20-8-10-29(11-9-20)15-18-12-22(34-2)14-23(13-18)35-3)25(31)30-16-24(27-17-30)19-4-6-21(7-5-19)36-37(26,32)33;2*5-3(6)1-2-4(7)8;1-3-6-4(2)5/h2*4-7,12-14,16-17,20H,8-11,15H2,1-3H3,(H2,26,32,33);2*1-2H,(H,5,6)(H,7,8);3H2,1-2H3/b;;2*2-1-;. The number of piperidine rings is 2. The van der Waals surface area contributed by atoms with Gasteiger partial charge in [0.05, 0.1) is 46.4 Å². The fourth-order valence-electron chi connectivity index (χ4n) is 9.31. The number of rotatable bonds is 21. The van der Waals surface area contributed by atoms with Gasteiger partial charge in [-0.15, -0.1) is 0 Å². The fourth-order valence-corrected chi connectivity index (χ4v) is 10.1. The van der Waals surface area contributed by atoms with Crippen molar-refractivity contribution in [3.8, 4) is 57.0 Å². The summed E-state index contributed by atoms with van der Waals surface area (Å²) in [5.41, 5.74) is 4.81. The molecule has 0 unspecified atom stereocenters. The number of amides is 2. The molecule has 0 spiro atoms. The molecule has 2 aliphatic rings. The van der Waals surface area contributed by atoms with Crippen LogP contribution in [-0.4, -0.2) is 205 Å². The van der Waals surface area contributed by atoms with Crippen molar-refractivity contribution >= 4 is 62.5 Å². The highest BCUT2D eigenvalue weighted by Gasteiger charge is 2.29. The highest BCUT2D eigenvalue weighted by Crippen LogP contribution is 2.29. The number of carboxylic acids is 4. The quantitative estimate of drug-likeness (QED) is 0.0387. The third-order valence-electron chi connectivity index (χ3n) is 13.9. The molecule has 6 aromatic rings. The zero-order valence-electron chi connectivity index (χ0n) is 53.8. The van der Waals surface area contributed by atoms with E-state index in [1.54, 1.807) is 81.8 Å². The van der Waals surface area contributed by atoms with E-state index >= 15 is 0 Å². The summed E-state index contributed by atoms with van der Waals surface area (Å²) in [4.78, 5) is 91.2. The van der Waals surface area contributed by atoms with Crippen LogP contribution in [0.1, 0.15) is 50.7 Å². The van der Waals surface area contributed by atoms with Crippen molar-refractivity contribution < 1.29 is 103 Å². The molecule has 96 heavy (non-hydrogen) atoms. The molecule has 8 rings (SSSR count). The largest absolute Gasteiger partial charge is 0.497 e. The summed E-state index contributed by atoms with van der Waals surface area (Å²) in [5.74, 6) is -1.98. The highest BCUT2D eigenvalue weighted by molar-refractivity contribution is 7.85. The molecule has 0 radical (unpaired) electrons. The second-order valence-electron chi connectivity index (χ2n) is 20.7. The monoisotopic (exact) mass is 1380 g/mol. The number of nitrogens with two attached hydrogens (primary N) is 2. The lowest BCUT2D eigenvalue weighted by molar-refractivity contribution is -0.140. The van der Waals surface area contributed by atoms with Crippen LogP contribution >= 0.6 is 0 Å². The Morgan fingerprint density at radius 1 is 0.510 bits per heavy atom. The number of carbonyl (C=O) groups is 7. The Bertz CT molecular complexity index is 3550. The zero-order chi connectivity index (χ0) is 71.3.